The van der Waals surface area contributed by atoms with E-state index >= 15 is 0 Å². The number of imidazole rings is 1. The lowest BCUT2D eigenvalue weighted by atomic mass is 10.1. The summed E-state index contributed by atoms with van der Waals surface area (Å²) in [4.78, 5) is 16.3. The number of aryl methyl sites for hydroxylation is 2. The fraction of sp³-hybridized carbons (Fsp3) is 0.263. The van der Waals surface area contributed by atoms with Crippen molar-refractivity contribution in [2.45, 2.75) is 26.8 Å². The van der Waals surface area contributed by atoms with E-state index in [1.807, 2.05) is 50.2 Å². The first-order chi connectivity index (χ1) is 11.4. The number of hydrogen-bond acceptors (Lipinski definition) is 3. The molecule has 1 aromatic heterocycles. The van der Waals surface area contributed by atoms with E-state index in [2.05, 4.69) is 0 Å². The zero-order valence-corrected chi connectivity index (χ0v) is 14.2. The number of fused-ring (bicyclic) bond motifs is 1. The Balaban J connectivity index is 2.33. The molecule has 3 rings (SSSR count). The number of benzene rings is 2. The van der Waals surface area contributed by atoms with Crippen molar-refractivity contribution in [3.63, 3.8) is 0 Å². The predicted octanol–water partition coefficient (Wildman–Crippen LogP) is 3.97. The fourth-order valence-corrected chi connectivity index (χ4v) is 2.82. The summed E-state index contributed by atoms with van der Waals surface area (Å²) in [6.45, 7) is 5.71. The molecule has 0 aliphatic carbocycles. The molecule has 0 radical (unpaired) electrons. The third kappa shape index (κ3) is 2.62. The number of aromatic nitrogens is 2. The fourth-order valence-electron chi connectivity index (χ4n) is 2.82. The summed E-state index contributed by atoms with van der Waals surface area (Å²) in [5.41, 5.74) is 4.69. The molecule has 1 N–H and O–H groups in total. The number of hydrogen-bond donors (Lipinski definition) is 1. The van der Waals surface area contributed by atoms with Crippen LogP contribution in [0.1, 0.15) is 24.1 Å². The van der Waals surface area contributed by atoms with Crippen LogP contribution in [0, 0.1) is 13.8 Å². The molecule has 1 atom stereocenters. The third-order valence-corrected chi connectivity index (χ3v) is 4.38. The minimum absolute atomic E-state index is 0.629. The quantitative estimate of drug-likeness (QED) is 0.788. The van der Waals surface area contributed by atoms with Crippen LogP contribution in [0.25, 0.3) is 22.4 Å². The van der Waals surface area contributed by atoms with Crippen molar-refractivity contribution >= 4 is 17.0 Å². The van der Waals surface area contributed by atoms with Gasteiger partial charge in [0, 0.05) is 5.56 Å². The van der Waals surface area contributed by atoms with Crippen molar-refractivity contribution in [1.29, 1.82) is 0 Å². The van der Waals surface area contributed by atoms with E-state index < -0.39 is 12.0 Å². The summed E-state index contributed by atoms with van der Waals surface area (Å²) in [6, 6.07) is 10.8. The Morgan fingerprint density at radius 3 is 2.58 bits per heavy atom. The van der Waals surface area contributed by atoms with E-state index in [-0.39, 0.29) is 0 Å². The van der Waals surface area contributed by atoms with Gasteiger partial charge in [0.15, 0.2) is 0 Å². The van der Waals surface area contributed by atoms with Gasteiger partial charge >= 0.3 is 5.97 Å². The molecule has 0 amide bonds. The smallest absolute Gasteiger partial charge is 0.326 e. The van der Waals surface area contributed by atoms with E-state index in [1.54, 1.807) is 18.6 Å². The zero-order chi connectivity index (χ0) is 17.4. The van der Waals surface area contributed by atoms with Crippen LogP contribution >= 0.6 is 0 Å². The highest BCUT2D eigenvalue weighted by Gasteiger charge is 2.22. The molecule has 0 spiro atoms. The van der Waals surface area contributed by atoms with E-state index in [0.717, 1.165) is 27.7 Å². The molecule has 0 bridgehead atoms. The molecule has 1 heterocycles. The number of carbonyl (C=O) groups is 1. The van der Waals surface area contributed by atoms with Crippen LogP contribution in [0.2, 0.25) is 0 Å². The number of methoxy groups -OCH3 is 1. The third-order valence-electron chi connectivity index (χ3n) is 4.38. The molecule has 0 saturated heterocycles. The summed E-state index contributed by atoms with van der Waals surface area (Å²) in [5, 5.41) is 9.54. The lowest BCUT2D eigenvalue weighted by Gasteiger charge is -2.14. The highest BCUT2D eigenvalue weighted by atomic mass is 16.5. The van der Waals surface area contributed by atoms with Crippen LogP contribution < -0.4 is 4.74 Å². The van der Waals surface area contributed by atoms with Gasteiger partial charge in [-0.05, 0) is 56.2 Å². The summed E-state index contributed by atoms with van der Waals surface area (Å²) in [5.74, 6) is 0.446. The Morgan fingerprint density at radius 1 is 1.21 bits per heavy atom. The summed E-state index contributed by atoms with van der Waals surface area (Å²) < 4.78 is 7.06. The van der Waals surface area contributed by atoms with Gasteiger partial charge in [-0.2, -0.15) is 0 Å². The minimum Gasteiger partial charge on any atom is -0.497 e. The number of carboxylic acid groups (broad SMARTS) is 1. The number of nitrogens with zero attached hydrogens (tertiary/aromatic N) is 2. The van der Waals surface area contributed by atoms with E-state index in [1.165, 1.54) is 0 Å². The first-order valence-electron chi connectivity index (χ1n) is 7.78. The Bertz CT molecular complexity index is 928. The van der Waals surface area contributed by atoms with Gasteiger partial charge in [-0.25, -0.2) is 9.78 Å². The lowest BCUT2D eigenvalue weighted by Crippen LogP contribution is -2.16. The lowest BCUT2D eigenvalue weighted by molar-refractivity contribution is -0.140. The highest BCUT2D eigenvalue weighted by Crippen LogP contribution is 2.31. The minimum atomic E-state index is -0.892. The number of ether oxygens (including phenoxy) is 1. The number of carboxylic acids is 1. The molecule has 2 aromatic carbocycles. The average molecular weight is 324 g/mol. The monoisotopic (exact) mass is 324 g/mol. The zero-order valence-electron chi connectivity index (χ0n) is 14.2. The number of rotatable bonds is 4. The average Bonchev–Trinajstić information content (AvgIpc) is 2.92. The Morgan fingerprint density at radius 2 is 1.92 bits per heavy atom. The standard InChI is InChI=1S/C19H20N2O3/c1-11-8-16-17(9-12(11)2)21(13(3)19(22)23)18(20-16)14-6-5-7-15(10-14)24-4/h5-10,13H,1-4H3,(H,22,23). The van der Waals surface area contributed by atoms with Crippen molar-refractivity contribution < 1.29 is 14.6 Å². The van der Waals surface area contributed by atoms with Gasteiger partial charge in [0.05, 0.1) is 18.1 Å². The van der Waals surface area contributed by atoms with E-state index in [4.69, 9.17) is 9.72 Å². The molecular weight excluding hydrogens is 304 g/mol. The van der Waals surface area contributed by atoms with Crippen molar-refractivity contribution in [2.24, 2.45) is 0 Å². The van der Waals surface area contributed by atoms with Crippen LogP contribution in [0.15, 0.2) is 36.4 Å². The van der Waals surface area contributed by atoms with Gasteiger partial charge in [-0.15, -0.1) is 0 Å². The van der Waals surface area contributed by atoms with Crippen molar-refractivity contribution in [1.82, 2.24) is 9.55 Å². The maximum atomic E-state index is 11.6. The topological polar surface area (TPSA) is 64.4 Å². The molecule has 5 nitrogen and oxygen atoms in total. The Kier molecular flexibility index (Phi) is 4.01. The van der Waals surface area contributed by atoms with Gasteiger partial charge < -0.3 is 14.4 Å². The SMILES string of the molecule is COc1cccc(-c2nc3cc(C)c(C)cc3n2C(C)C(=O)O)c1. The molecule has 1 unspecified atom stereocenters. The van der Waals surface area contributed by atoms with Gasteiger partial charge in [0.2, 0.25) is 0 Å². The van der Waals surface area contributed by atoms with Crippen LogP contribution in [-0.4, -0.2) is 27.7 Å². The normalized spacial score (nSPS) is 12.3. The predicted molar refractivity (Wildman–Crippen MR) is 93.5 cm³/mol. The van der Waals surface area contributed by atoms with Crippen LogP contribution in [0.4, 0.5) is 0 Å². The molecule has 24 heavy (non-hydrogen) atoms. The molecule has 3 aromatic rings. The Hall–Kier alpha value is -2.82. The second kappa shape index (κ2) is 6.00. The molecule has 0 aliphatic rings. The molecule has 0 saturated carbocycles. The molecule has 0 fully saturated rings. The maximum absolute atomic E-state index is 11.6. The van der Waals surface area contributed by atoms with Gasteiger partial charge in [0.25, 0.3) is 0 Å². The molecule has 124 valence electrons. The van der Waals surface area contributed by atoms with Crippen LogP contribution in [-0.2, 0) is 4.79 Å². The molecular formula is C19H20N2O3. The first kappa shape index (κ1) is 16.1. The van der Waals surface area contributed by atoms with Gasteiger partial charge in [-0.1, -0.05) is 12.1 Å². The summed E-state index contributed by atoms with van der Waals surface area (Å²) in [7, 11) is 1.61. The van der Waals surface area contributed by atoms with E-state index in [9.17, 15) is 9.90 Å². The Labute approximate surface area is 140 Å². The number of aliphatic carboxylic acids is 1. The summed E-state index contributed by atoms with van der Waals surface area (Å²) >= 11 is 0. The van der Waals surface area contributed by atoms with Gasteiger partial charge in [0.1, 0.15) is 17.6 Å². The van der Waals surface area contributed by atoms with E-state index in [0.29, 0.717) is 11.6 Å². The van der Waals surface area contributed by atoms with Gasteiger partial charge in [-0.3, -0.25) is 0 Å². The van der Waals surface area contributed by atoms with Crippen molar-refractivity contribution in [3.8, 4) is 17.1 Å². The summed E-state index contributed by atoms with van der Waals surface area (Å²) in [6.07, 6.45) is 0. The maximum Gasteiger partial charge on any atom is 0.326 e. The highest BCUT2D eigenvalue weighted by molar-refractivity contribution is 5.85. The molecule has 0 aliphatic heterocycles. The first-order valence-corrected chi connectivity index (χ1v) is 7.78. The van der Waals surface area contributed by atoms with Crippen LogP contribution in [0.3, 0.4) is 0 Å². The molecule has 5 heteroatoms. The second-order valence-electron chi connectivity index (χ2n) is 5.98. The van der Waals surface area contributed by atoms with Crippen molar-refractivity contribution in [3.05, 3.63) is 47.5 Å². The van der Waals surface area contributed by atoms with Crippen molar-refractivity contribution in [2.75, 3.05) is 7.11 Å². The van der Waals surface area contributed by atoms with Crippen LogP contribution in [0.5, 0.6) is 5.75 Å². The second-order valence-corrected chi connectivity index (χ2v) is 5.98. The largest absolute Gasteiger partial charge is 0.497 e.